The van der Waals surface area contributed by atoms with Crippen molar-refractivity contribution in [2.45, 2.75) is 420 Å². The van der Waals surface area contributed by atoms with Gasteiger partial charge in [-0.15, -0.1) is 0 Å². The van der Waals surface area contributed by atoms with Gasteiger partial charge in [-0.3, -0.25) is 37.3 Å². The number of hydrogen-bond acceptors (Lipinski definition) is 15. The van der Waals surface area contributed by atoms with Gasteiger partial charge in [0.25, 0.3) is 0 Å². The third-order valence-corrected chi connectivity index (χ3v) is 20.8. The Balaban J connectivity index is 5.27. The van der Waals surface area contributed by atoms with Gasteiger partial charge in [0.2, 0.25) is 0 Å². The summed E-state index contributed by atoms with van der Waals surface area (Å²) in [6, 6.07) is 0. The van der Waals surface area contributed by atoms with E-state index in [0.29, 0.717) is 25.7 Å². The van der Waals surface area contributed by atoms with Gasteiger partial charge in [-0.2, -0.15) is 0 Å². The minimum atomic E-state index is -4.96. The molecule has 3 N–H and O–H groups in total. The van der Waals surface area contributed by atoms with Gasteiger partial charge in [-0.05, 0) is 43.4 Å². The van der Waals surface area contributed by atoms with E-state index in [9.17, 15) is 43.2 Å². The zero-order valence-electron chi connectivity index (χ0n) is 63.5. The molecule has 0 saturated carbocycles. The molecule has 0 aliphatic carbocycles. The number of esters is 4. The van der Waals surface area contributed by atoms with Crippen molar-refractivity contribution < 1.29 is 80.2 Å². The Bertz CT molecular complexity index is 1890. The van der Waals surface area contributed by atoms with Crippen molar-refractivity contribution in [1.29, 1.82) is 0 Å². The van der Waals surface area contributed by atoms with Crippen molar-refractivity contribution >= 4 is 39.5 Å². The molecule has 0 aliphatic heterocycles. The van der Waals surface area contributed by atoms with Gasteiger partial charge in [0, 0.05) is 25.7 Å². The molecule has 0 aliphatic rings. The fraction of sp³-hybridized carbons (Fsp3) is 0.949. The number of phosphoric acid groups is 2. The van der Waals surface area contributed by atoms with Crippen LogP contribution in [0.1, 0.15) is 402 Å². The maximum absolute atomic E-state index is 13.1. The molecule has 0 rings (SSSR count). The highest BCUT2D eigenvalue weighted by atomic mass is 31.2. The topological polar surface area (TPSA) is 237 Å². The SMILES string of the molecule is CCCCCCCCCCCCCCCCCCCCC(=O)O[C@H](COC(=O)CCCCCCCCCCCCC(C)CC)COP(=O)(O)OC[C@@H](O)COP(=O)(O)OC[C@@H](COC(=O)CCCCCCCCCCC(C)CC)OC(=O)CCCCCCCCCCCCC(C)C. The van der Waals surface area contributed by atoms with E-state index in [2.05, 4.69) is 48.5 Å². The molecule has 0 amide bonds. The van der Waals surface area contributed by atoms with Crippen LogP contribution in [-0.4, -0.2) is 96.7 Å². The van der Waals surface area contributed by atoms with Crippen molar-refractivity contribution in [2.24, 2.45) is 17.8 Å². The first-order chi connectivity index (χ1) is 46.8. The quantitative estimate of drug-likeness (QED) is 0.0222. The molecule has 0 aromatic rings. The minimum absolute atomic E-state index is 0.105. The average Bonchev–Trinajstić information content (AvgIpc) is 1.20. The number of phosphoric ester groups is 2. The molecule has 0 saturated heterocycles. The van der Waals surface area contributed by atoms with Crippen molar-refractivity contribution in [2.75, 3.05) is 39.6 Å². The minimum Gasteiger partial charge on any atom is -0.462 e. The summed E-state index contributed by atoms with van der Waals surface area (Å²) in [5.41, 5.74) is 0. The van der Waals surface area contributed by atoms with E-state index in [1.54, 1.807) is 0 Å². The maximum atomic E-state index is 13.1. The molecule has 0 spiro atoms. The number of carbonyl (C=O) groups is 4. The predicted octanol–water partition coefficient (Wildman–Crippen LogP) is 23.0. The van der Waals surface area contributed by atoms with Crippen LogP contribution in [0.4, 0.5) is 0 Å². The molecule has 97 heavy (non-hydrogen) atoms. The number of aliphatic hydroxyl groups is 1. The first-order valence-electron chi connectivity index (χ1n) is 40.4. The van der Waals surface area contributed by atoms with Crippen molar-refractivity contribution in [3.8, 4) is 0 Å². The van der Waals surface area contributed by atoms with Gasteiger partial charge in [0.05, 0.1) is 26.4 Å². The summed E-state index contributed by atoms with van der Waals surface area (Å²) in [6.45, 7) is 11.9. The number of rotatable bonds is 76. The molecule has 0 radical (unpaired) electrons. The zero-order chi connectivity index (χ0) is 71.6. The highest BCUT2D eigenvalue weighted by Crippen LogP contribution is 2.45. The Morgan fingerprint density at radius 2 is 0.526 bits per heavy atom. The monoisotopic (exact) mass is 1420 g/mol. The van der Waals surface area contributed by atoms with Crippen LogP contribution in [0.5, 0.6) is 0 Å². The van der Waals surface area contributed by atoms with Crippen molar-refractivity contribution in [3.63, 3.8) is 0 Å². The lowest BCUT2D eigenvalue weighted by atomic mass is 9.99. The van der Waals surface area contributed by atoms with Crippen LogP contribution < -0.4 is 0 Å². The largest absolute Gasteiger partial charge is 0.472 e. The summed E-state index contributed by atoms with van der Waals surface area (Å²) < 4.78 is 68.6. The first-order valence-corrected chi connectivity index (χ1v) is 43.4. The Morgan fingerprint density at radius 3 is 0.784 bits per heavy atom. The van der Waals surface area contributed by atoms with Gasteiger partial charge in [0.1, 0.15) is 19.3 Å². The van der Waals surface area contributed by atoms with Gasteiger partial charge >= 0.3 is 39.5 Å². The Kier molecular flexibility index (Phi) is 67.1. The molecule has 0 bridgehead atoms. The lowest BCUT2D eigenvalue weighted by Gasteiger charge is -2.21. The molecular formula is C78H152O17P2. The molecular weight excluding hydrogens is 1270 g/mol. The Labute approximate surface area is 594 Å². The average molecular weight is 1420 g/mol. The smallest absolute Gasteiger partial charge is 0.462 e. The second kappa shape index (κ2) is 68.5. The third-order valence-electron chi connectivity index (χ3n) is 18.9. The first kappa shape index (κ1) is 95.1. The maximum Gasteiger partial charge on any atom is 0.472 e. The van der Waals surface area contributed by atoms with Gasteiger partial charge in [-0.25, -0.2) is 9.13 Å². The van der Waals surface area contributed by atoms with Crippen LogP contribution in [0.2, 0.25) is 0 Å². The van der Waals surface area contributed by atoms with E-state index in [-0.39, 0.29) is 25.7 Å². The Hall–Kier alpha value is -1.94. The summed E-state index contributed by atoms with van der Waals surface area (Å²) >= 11 is 0. The number of carbonyl (C=O) groups excluding carboxylic acids is 4. The van der Waals surface area contributed by atoms with Crippen LogP contribution in [-0.2, 0) is 65.4 Å². The third kappa shape index (κ3) is 69.5. The van der Waals surface area contributed by atoms with E-state index in [4.69, 9.17) is 37.0 Å². The van der Waals surface area contributed by atoms with Gasteiger partial charge < -0.3 is 33.8 Å². The molecule has 0 aromatic heterocycles. The second-order valence-electron chi connectivity index (χ2n) is 29.1. The highest BCUT2D eigenvalue weighted by molar-refractivity contribution is 7.47. The lowest BCUT2D eigenvalue weighted by molar-refractivity contribution is -0.161. The summed E-state index contributed by atoms with van der Waals surface area (Å²) in [7, 11) is -9.92. The zero-order valence-corrected chi connectivity index (χ0v) is 65.3. The van der Waals surface area contributed by atoms with E-state index in [1.807, 2.05) is 0 Å². The molecule has 0 fully saturated rings. The summed E-state index contributed by atoms with van der Waals surface area (Å²) in [5.74, 6) is 0.224. The fourth-order valence-electron chi connectivity index (χ4n) is 11.9. The van der Waals surface area contributed by atoms with E-state index in [1.165, 1.54) is 212 Å². The number of unbranched alkanes of at least 4 members (excludes halogenated alkanes) is 42. The fourth-order valence-corrected chi connectivity index (χ4v) is 13.5. The molecule has 19 heteroatoms. The van der Waals surface area contributed by atoms with E-state index in [0.717, 1.165) is 108 Å². The van der Waals surface area contributed by atoms with Gasteiger partial charge in [-0.1, -0.05) is 350 Å². The second-order valence-corrected chi connectivity index (χ2v) is 32.0. The normalized spacial score (nSPS) is 14.6. The standard InChI is InChI=1S/C78H152O17P2/c1-8-11-12-13-14-15-16-17-18-19-20-21-22-23-31-40-47-54-61-77(82)94-73(65-88-75(80)59-52-45-38-30-27-25-29-36-43-50-57-70(6)9-2)67-92-96(84,85)90-63-72(79)64-91-97(86,87)93-68-74(66-89-76(81)60-53-46-39-34-33-37-44-51-58-71(7)10-3)95-78(83)62-55-48-41-32-26-24-28-35-42-49-56-69(4)5/h69-74,79H,8-68H2,1-7H3,(H,84,85)(H,86,87)/t70?,71?,72-,73-,74-/m1/s1. The van der Waals surface area contributed by atoms with Gasteiger partial charge in [0.15, 0.2) is 12.2 Å². The van der Waals surface area contributed by atoms with Crippen LogP contribution >= 0.6 is 15.6 Å². The number of hydrogen-bond donors (Lipinski definition) is 3. The lowest BCUT2D eigenvalue weighted by Crippen LogP contribution is -2.30. The Morgan fingerprint density at radius 1 is 0.299 bits per heavy atom. The van der Waals surface area contributed by atoms with Crippen LogP contribution in [0, 0.1) is 17.8 Å². The molecule has 4 unspecified atom stereocenters. The van der Waals surface area contributed by atoms with Crippen LogP contribution in [0.25, 0.3) is 0 Å². The molecule has 17 nitrogen and oxygen atoms in total. The van der Waals surface area contributed by atoms with Crippen molar-refractivity contribution in [3.05, 3.63) is 0 Å². The molecule has 0 heterocycles. The summed E-state index contributed by atoms with van der Waals surface area (Å²) in [4.78, 5) is 72.9. The van der Waals surface area contributed by atoms with E-state index >= 15 is 0 Å². The number of ether oxygens (including phenoxy) is 4. The molecule has 0 aromatic carbocycles. The van der Waals surface area contributed by atoms with Crippen LogP contribution in [0.3, 0.4) is 0 Å². The summed E-state index contributed by atoms with van der Waals surface area (Å²) in [6.07, 6.45) is 55.3. The molecule has 7 atom stereocenters. The highest BCUT2D eigenvalue weighted by Gasteiger charge is 2.30. The van der Waals surface area contributed by atoms with Crippen LogP contribution in [0.15, 0.2) is 0 Å². The molecule has 576 valence electrons. The summed E-state index contributed by atoms with van der Waals surface area (Å²) in [5, 5.41) is 10.6. The predicted molar refractivity (Wildman–Crippen MR) is 395 cm³/mol. The number of aliphatic hydroxyl groups excluding tert-OH is 1. The van der Waals surface area contributed by atoms with E-state index < -0.39 is 97.5 Å². The van der Waals surface area contributed by atoms with Crippen molar-refractivity contribution in [1.82, 2.24) is 0 Å².